The lowest BCUT2D eigenvalue weighted by Gasteiger charge is -2.05. The summed E-state index contributed by atoms with van der Waals surface area (Å²) in [6, 6.07) is 9.67. The summed E-state index contributed by atoms with van der Waals surface area (Å²) >= 11 is 7.19. The number of hydrogen-bond donors (Lipinski definition) is 0. The number of halogens is 2. The van der Waals surface area contributed by atoms with Crippen LogP contribution in [-0.4, -0.2) is 23.1 Å². The minimum Gasteiger partial charge on any atom is -0.465 e. The number of hydrogen-bond acceptors (Lipinski definition) is 4. The average molecular weight is 407 g/mol. The van der Waals surface area contributed by atoms with Gasteiger partial charge in [-0.2, -0.15) is 4.99 Å². The quantitative estimate of drug-likeness (QED) is 0.612. The van der Waals surface area contributed by atoms with Crippen molar-refractivity contribution >= 4 is 45.0 Å². The molecule has 0 bridgehead atoms. The molecule has 27 heavy (non-hydrogen) atoms. The minimum atomic E-state index is -0.806. The van der Waals surface area contributed by atoms with Gasteiger partial charge in [-0.05, 0) is 43.7 Å². The number of aryl methyl sites for hydroxylation is 1. The zero-order valence-electron chi connectivity index (χ0n) is 14.7. The van der Waals surface area contributed by atoms with Gasteiger partial charge in [0.25, 0.3) is 5.91 Å². The second-order valence-corrected chi connectivity index (χ2v) is 7.18. The second kappa shape index (κ2) is 8.02. The maximum absolute atomic E-state index is 14.0. The van der Waals surface area contributed by atoms with Gasteiger partial charge in [0.1, 0.15) is 12.4 Å². The van der Waals surface area contributed by atoms with E-state index in [0.717, 1.165) is 21.8 Å². The van der Waals surface area contributed by atoms with Crippen LogP contribution in [0, 0.1) is 12.7 Å². The van der Waals surface area contributed by atoms with Gasteiger partial charge >= 0.3 is 5.97 Å². The van der Waals surface area contributed by atoms with Crippen molar-refractivity contribution in [1.29, 1.82) is 0 Å². The number of nitrogens with zero attached hydrogens (tertiary/aromatic N) is 2. The Kier molecular flexibility index (Phi) is 5.72. The number of thiazole rings is 1. The largest absolute Gasteiger partial charge is 0.465 e. The van der Waals surface area contributed by atoms with Gasteiger partial charge in [-0.1, -0.05) is 35.1 Å². The smallest absolute Gasteiger partial charge is 0.326 e. The third-order valence-electron chi connectivity index (χ3n) is 3.80. The van der Waals surface area contributed by atoms with Crippen LogP contribution < -0.4 is 4.80 Å². The monoisotopic (exact) mass is 406 g/mol. The predicted molar refractivity (Wildman–Crippen MR) is 102 cm³/mol. The maximum atomic E-state index is 14.0. The van der Waals surface area contributed by atoms with Crippen molar-refractivity contribution in [2.24, 2.45) is 4.99 Å². The fraction of sp³-hybridized carbons (Fsp3) is 0.211. The lowest BCUT2D eigenvalue weighted by Crippen LogP contribution is -2.23. The van der Waals surface area contributed by atoms with Gasteiger partial charge < -0.3 is 9.30 Å². The summed E-state index contributed by atoms with van der Waals surface area (Å²) in [4.78, 5) is 28.9. The molecule has 8 heteroatoms. The van der Waals surface area contributed by atoms with E-state index in [-0.39, 0.29) is 28.5 Å². The fourth-order valence-electron chi connectivity index (χ4n) is 2.60. The molecule has 0 radical (unpaired) electrons. The first-order valence-electron chi connectivity index (χ1n) is 8.19. The lowest BCUT2D eigenvalue weighted by molar-refractivity contribution is -0.143. The van der Waals surface area contributed by atoms with Crippen LogP contribution in [0.15, 0.2) is 41.4 Å². The van der Waals surface area contributed by atoms with E-state index in [1.807, 2.05) is 25.1 Å². The van der Waals surface area contributed by atoms with Gasteiger partial charge in [-0.15, -0.1) is 0 Å². The Morgan fingerprint density at radius 1 is 1.30 bits per heavy atom. The number of carbonyl (C=O) groups is 2. The molecule has 0 fully saturated rings. The Balaban J connectivity index is 2.16. The molecule has 3 aromatic rings. The highest BCUT2D eigenvalue weighted by Gasteiger charge is 2.17. The van der Waals surface area contributed by atoms with Crippen LogP contribution in [0.25, 0.3) is 10.2 Å². The van der Waals surface area contributed by atoms with Crippen molar-refractivity contribution < 1.29 is 18.7 Å². The van der Waals surface area contributed by atoms with E-state index in [9.17, 15) is 14.0 Å². The Morgan fingerprint density at radius 2 is 2.07 bits per heavy atom. The molecular weight excluding hydrogens is 391 g/mol. The molecule has 0 aliphatic carbocycles. The Morgan fingerprint density at radius 3 is 2.78 bits per heavy atom. The number of rotatable bonds is 4. The van der Waals surface area contributed by atoms with Crippen LogP contribution in [0.5, 0.6) is 0 Å². The van der Waals surface area contributed by atoms with Crippen molar-refractivity contribution in [3.8, 4) is 0 Å². The number of amides is 1. The molecule has 0 unspecified atom stereocenters. The minimum absolute atomic E-state index is 0.0161. The van der Waals surface area contributed by atoms with Gasteiger partial charge in [0.05, 0.1) is 27.4 Å². The van der Waals surface area contributed by atoms with Crippen LogP contribution in [0.2, 0.25) is 5.02 Å². The number of aromatic nitrogens is 1. The predicted octanol–water partition coefficient (Wildman–Crippen LogP) is 4.11. The number of fused-ring (bicyclic) bond motifs is 1. The fourth-order valence-corrected chi connectivity index (χ4v) is 3.97. The normalized spacial score (nSPS) is 11.8. The van der Waals surface area contributed by atoms with Gasteiger partial charge in [0, 0.05) is 0 Å². The Hall–Kier alpha value is -2.51. The van der Waals surface area contributed by atoms with Gasteiger partial charge in [-0.25, -0.2) is 4.39 Å². The molecule has 2 aromatic carbocycles. The average Bonchev–Trinajstić information content (AvgIpc) is 2.91. The van der Waals surface area contributed by atoms with E-state index in [2.05, 4.69) is 4.99 Å². The summed E-state index contributed by atoms with van der Waals surface area (Å²) < 4.78 is 21.5. The topological polar surface area (TPSA) is 60.7 Å². The summed E-state index contributed by atoms with van der Waals surface area (Å²) in [5, 5.41) is -0.0161. The molecule has 1 heterocycles. The third-order valence-corrected chi connectivity index (χ3v) is 5.16. The first kappa shape index (κ1) is 19.3. The SMILES string of the molecule is CCOC(=O)Cn1c(=NC(=O)c2c(F)cccc2Cl)sc2cc(C)ccc21. The summed E-state index contributed by atoms with van der Waals surface area (Å²) in [7, 11) is 0. The van der Waals surface area contributed by atoms with Crippen LogP contribution in [0.3, 0.4) is 0 Å². The van der Waals surface area contributed by atoms with E-state index in [1.165, 1.54) is 23.5 Å². The zero-order chi connectivity index (χ0) is 19.6. The van der Waals surface area contributed by atoms with E-state index >= 15 is 0 Å². The number of ether oxygens (including phenoxy) is 1. The van der Waals surface area contributed by atoms with E-state index in [0.29, 0.717) is 0 Å². The molecule has 5 nitrogen and oxygen atoms in total. The summed E-state index contributed by atoms with van der Waals surface area (Å²) in [6.45, 7) is 3.80. The highest BCUT2D eigenvalue weighted by molar-refractivity contribution is 7.16. The molecule has 0 atom stereocenters. The molecule has 1 aromatic heterocycles. The highest BCUT2D eigenvalue weighted by Crippen LogP contribution is 2.21. The molecule has 140 valence electrons. The van der Waals surface area contributed by atoms with E-state index in [4.69, 9.17) is 16.3 Å². The van der Waals surface area contributed by atoms with Crippen molar-refractivity contribution in [3.63, 3.8) is 0 Å². The van der Waals surface area contributed by atoms with Crippen molar-refractivity contribution in [2.45, 2.75) is 20.4 Å². The highest BCUT2D eigenvalue weighted by atomic mass is 35.5. The lowest BCUT2D eigenvalue weighted by atomic mass is 10.2. The summed E-state index contributed by atoms with van der Waals surface area (Å²) in [6.07, 6.45) is 0. The van der Waals surface area contributed by atoms with Crippen LogP contribution in [0.4, 0.5) is 4.39 Å². The van der Waals surface area contributed by atoms with Gasteiger partial charge in [0.2, 0.25) is 0 Å². The molecule has 0 saturated carbocycles. The van der Waals surface area contributed by atoms with Crippen LogP contribution >= 0.6 is 22.9 Å². The number of carbonyl (C=O) groups excluding carboxylic acids is 2. The molecular formula is C19H16ClFN2O3S. The molecule has 1 amide bonds. The first-order valence-corrected chi connectivity index (χ1v) is 9.39. The van der Waals surface area contributed by atoms with Crippen LogP contribution in [0.1, 0.15) is 22.8 Å². The van der Waals surface area contributed by atoms with Crippen molar-refractivity contribution in [3.05, 3.63) is 63.2 Å². The molecule has 0 N–H and O–H groups in total. The standard InChI is InChI=1S/C19H16ClFN2O3S/c1-3-26-16(24)10-23-14-8-7-11(2)9-15(14)27-19(23)22-18(25)17-12(20)5-4-6-13(17)21/h4-9H,3,10H2,1-2H3. The van der Waals surface area contributed by atoms with E-state index < -0.39 is 17.7 Å². The van der Waals surface area contributed by atoms with Gasteiger partial charge in [-0.3, -0.25) is 9.59 Å². The molecule has 0 aliphatic rings. The van der Waals surface area contributed by atoms with Crippen molar-refractivity contribution in [2.75, 3.05) is 6.61 Å². The summed E-state index contributed by atoms with van der Waals surface area (Å²) in [5.41, 5.74) is 1.47. The third kappa shape index (κ3) is 4.09. The number of esters is 1. The molecule has 3 rings (SSSR count). The molecule has 0 aliphatic heterocycles. The van der Waals surface area contributed by atoms with E-state index in [1.54, 1.807) is 11.5 Å². The second-order valence-electron chi connectivity index (χ2n) is 5.76. The van der Waals surface area contributed by atoms with Crippen molar-refractivity contribution in [1.82, 2.24) is 4.57 Å². The molecule has 0 saturated heterocycles. The van der Waals surface area contributed by atoms with Crippen LogP contribution in [-0.2, 0) is 16.1 Å². The van der Waals surface area contributed by atoms with Gasteiger partial charge in [0.15, 0.2) is 4.80 Å². The molecule has 0 spiro atoms. The first-order chi connectivity index (χ1) is 12.9. The number of benzene rings is 2. The zero-order valence-corrected chi connectivity index (χ0v) is 16.2. The maximum Gasteiger partial charge on any atom is 0.326 e. The Labute approximate surface area is 163 Å². The Bertz CT molecular complexity index is 1080. The summed E-state index contributed by atoms with van der Waals surface area (Å²) in [5.74, 6) is -2.00.